The molecular formula is C17H15F2N3O. The Morgan fingerprint density at radius 2 is 1.78 bits per heavy atom. The maximum atomic E-state index is 13.1. The predicted molar refractivity (Wildman–Crippen MR) is 86.6 cm³/mol. The van der Waals surface area contributed by atoms with Crippen LogP contribution in [0.15, 0.2) is 53.3 Å². The van der Waals surface area contributed by atoms with E-state index in [2.05, 4.69) is 4.98 Å². The van der Waals surface area contributed by atoms with Gasteiger partial charge in [-0.3, -0.25) is 4.57 Å². The van der Waals surface area contributed by atoms with E-state index in [0.29, 0.717) is 22.4 Å². The summed E-state index contributed by atoms with van der Waals surface area (Å²) in [6, 6.07) is 13.2. The molecule has 6 heteroatoms. The molecular weight excluding hydrogens is 300 g/mol. The molecule has 0 saturated heterocycles. The van der Waals surface area contributed by atoms with Gasteiger partial charge in [0.15, 0.2) is 0 Å². The number of fused-ring (bicyclic) bond motifs is 1. The molecule has 0 aliphatic carbocycles. The molecule has 3 aromatic rings. The van der Waals surface area contributed by atoms with Crippen molar-refractivity contribution in [1.82, 2.24) is 9.55 Å². The SMILES string of the molecule is CN(C)c1nc(=O)n(-c2ccccc2)c2cc(C(F)F)ccc12. The third-order valence-electron chi connectivity index (χ3n) is 3.59. The van der Waals surface area contributed by atoms with Crippen molar-refractivity contribution >= 4 is 16.7 Å². The third-order valence-corrected chi connectivity index (χ3v) is 3.59. The van der Waals surface area contributed by atoms with Crippen molar-refractivity contribution in [3.05, 3.63) is 64.6 Å². The number of nitrogens with zero attached hydrogens (tertiary/aromatic N) is 3. The number of alkyl halides is 2. The molecule has 0 aliphatic heterocycles. The minimum Gasteiger partial charge on any atom is -0.362 e. The van der Waals surface area contributed by atoms with Crippen molar-refractivity contribution in [1.29, 1.82) is 0 Å². The van der Waals surface area contributed by atoms with Crippen LogP contribution in [0, 0.1) is 0 Å². The lowest BCUT2D eigenvalue weighted by atomic mass is 10.1. The van der Waals surface area contributed by atoms with Crippen LogP contribution in [-0.2, 0) is 0 Å². The summed E-state index contributed by atoms with van der Waals surface area (Å²) in [6.45, 7) is 0. The van der Waals surface area contributed by atoms with E-state index in [-0.39, 0.29) is 5.56 Å². The molecule has 1 heterocycles. The number of para-hydroxylation sites is 1. The number of rotatable bonds is 3. The lowest BCUT2D eigenvalue weighted by molar-refractivity contribution is 0.151. The second-order valence-electron chi connectivity index (χ2n) is 5.36. The zero-order valence-electron chi connectivity index (χ0n) is 12.7. The van der Waals surface area contributed by atoms with Crippen LogP contribution in [0.5, 0.6) is 0 Å². The van der Waals surface area contributed by atoms with Gasteiger partial charge in [-0.05, 0) is 24.3 Å². The number of benzene rings is 2. The topological polar surface area (TPSA) is 38.1 Å². The Morgan fingerprint density at radius 3 is 2.39 bits per heavy atom. The zero-order chi connectivity index (χ0) is 16.6. The average Bonchev–Trinajstić information content (AvgIpc) is 2.54. The van der Waals surface area contributed by atoms with Crippen molar-refractivity contribution in [2.45, 2.75) is 6.43 Å². The largest absolute Gasteiger partial charge is 0.362 e. The van der Waals surface area contributed by atoms with E-state index >= 15 is 0 Å². The second kappa shape index (κ2) is 5.79. The first-order chi connectivity index (χ1) is 11.0. The Morgan fingerprint density at radius 1 is 1.09 bits per heavy atom. The van der Waals surface area contributed by atoms with Crippen molar-refractivity contribution in [2.75, 3.05) is 19.0 Å². The normalized spacial score (nSPS) is 11.2. The molecule has 0 fully saturated rings. The highest BCUT2D eigenvalue weighted by Crippen LogP contribution is 2.28. The van der Waals surface area contributed by atoms with Gasteiger partial charge in [-0.15, -0.1) is 0 Å². The Balaban J connectivity index is 2.43. The fraction of sp³-hybridized carbons (Fsp3) is 0.176. The van der Waals surface area contributed by atoms with Crippen LogP contribution in [0.2, 0.25) is 0 Å². The summed E-state index contributed by atoms with van der Waals surface area (Å²) in [5, 5.41) is 0.642. The van der Waals surface area contributed by atoms with Crippen LogP contribution in [-0.4, -0.2) is 23.6 Å². The molecule has 2 aromatic carbocycles. The lowest BCUT2D eigenvalue weighted by Gasteiger charge is -2.17. The van der Waals surface area contributed by atoms with Crippen LogP contribution in [0.1, 0.15) is 12.0 Å². The minimum absolute atomic E-state index is 0.127. The zero-order valence-corrected chi connectivity index (χ0v) is 12.7. The highest BCUT2D eigenvalue weighted by molar-refractivity contribution is 5.91. The summed E-state index contributed by atoms with van der Waals surface area (Å²) in [7, 11) is 3.52. The van der Waals surface area contributed by atoms with Crippen molar-refractivity contribution in [2.24, 2.45) is 0 Å². The molecule has 4 nitrogen and oxygen atoms in total. The maximum Gasteiger partial charge on any atom is 0.354 e. The first kappa shape index (κ1) is 15.1. The van der Waals surface area contributed by atoms with E-state index in [4.69, 9.17) is 0 Å². The van der Waals surface area contributed by atoms with E-state index in [9.17, 15) is 13.6 Å². The van der Waals surface area contributed by atoms with E-state index in [0.717, 1.165) is 0 Å². The van der Waals surface area contributed by atoms with E-state index in [1.807, 2.05) is 6.07 Å². The first-order valence-corrected chi connectivity index (χ1v) is 7.06. The highest BCUT2D eigenvalue weighted by atomic mass is 19.3. The fourth-order valence-electron chi connectivity index (χ4n) is 2.53. The molecule has 0 amide bonds. The Hall–Kier alpha value is -2.76. The van der Waals surface area contributed by atoms with Gasteiger partial charge in [-0.25, -0.2) is 13.6 Å². The molecule has 0 saturated carbocycles. The molecule has 0 radical (unpaired) electrons. The third kappa shape index (κ3) is 2.67. The number of aromatic nitrogens is 2. The van der Waals surface area contributed by atoms with Gasteiger partial charge in [-0.2, -0.15) is 4.98 Å². The Labute approximate surface area is 131 Å². The summed E-state index contributed by atoms with van der Waals surface area (Å²) in [5.74, 6) is 0.456. The van der Waals surface area contributed by atoms with Gasteiger partial charge < -0.3 is 4.90 Å². The van der Waals surface area contributed by atoms with E-state index in [1.165, 1.54) is 16.7 Å². The number of anilines is 1. The molecule has 3 rings (SSSR count). The van der Waals surface area contributed by atoms with E-state index in [1.54, 1.807) is 49.3 Å². The summed E-state index contributed by atoms with van der Waals surface area (Å²) in [5.41, 5.74) is 0.376. The summed E-state index contributed by atoms with van der Waals surface area (Å²) < 4.78 is 27.5. The van der Waals surface area contributed by atoms with Gasteiger partial charge in [0.05, 0.1) is 11.2 Å². The van der Waals surface area contributed by atoms with Gasteiger partial charge in [-0.1, -0.05) is 24.3 Å². The molecule has 0 spiro atoms. The molecule has 1 aromatic heterocycles. The fourth-order valence-corrected chi connectivity index (χ4v) is 2.53. The number of hydrogen-bond donors (Lipinski definition) is 0. The molecule has 0 aliphatic rings. The van der Waals surface area contributed by atoms with Crippen molar-refractivity contribution in [3.63, 3.8) is 0 Å². The van der Waals surface area contributed by atoms with Crippen LogP contribution < -0.4 is 10.6 Å². The van der Waals surface area contributed by atoms with Crippen LogP contribution in [0.4, 0.5) is 14.6 Å². The molecule has 118 valence electrons. The van der Waals surface area contributed by atoms with Gasteiger partial charge >= 0.3 is 5.69 Å². The minimum atomic E-state index is -2.60. The summed E-state index contributed by atoms with van der Waals surface area (Å²) in [4.78, 5) is 18.3. The molecule has 0 bridgehead atoms. The van der Waals surface area contributed by atoms with Crippen LogP contribution in [0.25, 0.3) is 16.6 Å². The van der Waals surface area contributed by atoms with Gasteiger partial charge in [0.25, 0.3) is 6.43 Å². The number of hydrogen-bond acceptors (Lipinski definition) is 3. The molecule has 0 N–H and O–H groups in total. The monoisotopic (exact) mass is 315 g/mol. The van der Waals surface area contributed by atoms with Gasteiger partial charge in [0, 0.05) is 25.0 Å². The molecule has 0 atom stereocenters. The Kier molecular flexibility index (Phi) is 3.82. The quantitative estimate of drug-likeness (QED) is 0.743. The molecule has 0 unspecified atom stereocenters. The standard InChI is InChI=1S/C17H15F2N3O/c1-21(2)16-13-9-8-11(15(18)19)10-14(13)22(17(23)20-16)12-6-4-3-5-7-12/h3-10,15H,1-2H3. The van der Waals surface area contributed by atoms with Crippen molar-refractivity contribution < 1.29 is 8.78 Å². The Bertz CT molecular complexity index is 905. The second-order valence-corrected chi connectivity index (χ2v) is 5.36. The average molecular weight is 315 g/mol. The van der Waals surface area contributed by atoms with Crippen LogP contribution >= 0.6 is 0 Å². The van der Waals surface area contributed by atoms with E-state index < -0.39 is 12.1 Å². The molecule has 23 heavy (non-hydrogen) atoms. The lowest BCUT2D eigenvalue weighted by Crippen LogP contribution is -2.25. The summed E-state index contributed by atoms with van der Waals surface area (Å²) >= 11 is 0. The maximum absolute atomic E-state index is 13.1. The van der Waals surface area contributed by atoms with Gasteiger partial charge in [0.1, 0.15) is 5.82 Å². The first-order valence-electron chi connectivity index (χ1n) is 7.06. The van der Waals surface area contributed by atoms with Crippen molar-refractivity contribution in [3.8, 4) is 5.69 Å². The van der Waals surface area contributed by atoms with Gasteiger partial charge in [0.2, 0.25) is 0 Å². The van der Waals surface area contributed by atoms with Crippen LogP contribution in [0.3, 0.4) is 0 Å². The number of halogens is 2. The highest BCUT2D eigenvalue weighted by Gasteiger charge is 2.16. The smallest absolute Gasteiger partial charge is 0.354 e. The summed E-state index contributed by atoms with van der Waals surface area (Å²) in [6.07, 6.45) is -2.60. The predicted octanol–water partition coefficient (Wildman–Crippen LogP) is 3.39.